The van der Waals surface area contributed by atoms with E-state index < -0.39 is 10.0 Å². The number of nitrogens with one attached hydrogen (secondary N) is 1. The van der Waals surface area contributed by atoms with E-state index in [1.807, 2.05) is 53.7 Å². The lowest BCUT2D eigenvalue weighted by atomic mass is 10.1. The molecule has 0 saturated carbocycles. The summed E-state index contributed by atoms with van der Waals surface area (Å²) >= 11 is 0. The first-order valence-electron chi connectivity index (χ1n) is 7.12. The summed E-state index contributed by atoms with van der Waals surface area (Å²) in [4.78, 5) is 0.440. The Kier molecular flexibility index (Phi) is 5.59. The van der Waals surface area contributed by atoms with Crippen LogP contribution in [0.4, 0.5) is 5.69 Å². The molecule has 1 N–H and O–H groups in total. The first kappa shape index (κ1) is 17.0. The Morgan fingerprint density at radius 1 is 1.15 bits per heavy atom. The van der Waals surface area contributed by atoms with E-state index in [0.29, 0.717) is 11.4 Å². The largest absolute Gasteiger partial charge is 0.385 e. The third-order valence-corrected chi connectivity index (χ3v) is 5.75. The maximum atomic E-state index is 12.8. The van der Waals surface area contributed by atoms with Gasteiger partial charge in [0.1, 0.15) is 0 Å². The molecule has 0 unspecified atom stereocenters. The van der Waals surface area contributed by atoms with Gasteiger partial charge in [0.05, 0.1) is 4.90 Å². The van der Waals surface area contributed by atoms with Crippen molar-refractivity contribution in [2.24, 2.45) is 0 Å². The fourth-order valence-electron chi connectivity index (χ4n) is 2.59. The van der Waals surface area contributed by atoms with E-state index in [4.69, 9.17) is 0 Å². The summed E-state index contributed by atoms with van der Waals surface area (Å²) in [7, 11) is -3.44. The van der Waals surface area contributed by atoms with Crippen molar-refractivity contribution < 1.29 is 8.42 Å². The van der Waals surface area contributed by atoms with Gasteiger partial charge in [-0.05, 0) is 57.9 Å². The third-order valence-electron chi connectivity index (χ3n) is 3.30. The molecule has 0 aliphatic rings. The first-order chi connectivity index (χ1) is 9.25. The Bertz CT molecular complexity index is 542. The molecule has 1 rings (SSSR count). The van der Waals surface area contributed by atoms with Crippen molar-refractivity contribution in [3.8, 4) is 0 Å². The summed E-state index contributed by atoms with van der Waals surface area (Å²) in [6.07, 6.45) is 0. The van der Waals surface area contributed by atoms with E-state index in [1.54, 1.807) is 0 Å². The third kappa shape index (κ3) is 3.33. The molecule has 0 amide bonds. The highest BCUT2D eigenvalue weighted by Gasteiger charge is 2.28. The van der Waals surface area contributed by atoms with Gasteiger partial charge in [0, 0.05) is 24.8 Å². The van der Waals surface area contributed by atoms with Crippen molar-refractivity contribution in [2.45, 2.75) is 52.5 Å². The minimum atomic E-state index is -3.44. The number of hydrogen-bond donors (Lipinski definition) is 1. The molecule has 5 heteroatoms. The molecule has 1 aromatic rings. The van der Waals surface area contributed by atoms with E-state index in [9.17, 15) is 8.42 Å². The second kappa shape index (κ2) is 6.59. The molecule has 0 bridgehead atoms. The minimum absolute atomic E-state index is 0.0442. The Labute approximate surface area is 123 Å². The van der Waals surface area contributed by atoms with Gasteiger partial charge in [-0.1, -0.05) is 6.92 Å². The monoisotopic (exact) mass is 298 g/mol. The maximum absolute atomic E-state index is 12.8. The summed E-state index contributed by atoms with van der Waals surface area (Å²) in [5.74, 6) is 0. The molecule has 0 atom stereocenters. The van der Waals surface area contributed by atoms with Crippen LogP contribution < -0.4 is 5.32 Å². The Morgan fingerprint density at radius 3 is 2.00 bits per heavy atom. The van der Waals surface area contributed by atoms with E-state index in [2.05, 4.69) is 5.32 Å². The van der Waals surface area contributed by atoms with Gasteiger partial charge in [-0.2, -0.15) is 4.31 Å². The molecule has 0 fully saturated rings. The number of aryl methyl sites for hydroxylation is 2. The van der Waals surface area contributed by atoms with Crippen LogP contribution in [0.15, 0.2) is 17.0 Å². The second-order valence-corrected chi connectivity index (χ2v) is 7.10. The summed E-state index contributed by atoms with van der Waals surface area (Å²) in [5, 5.41) is 3.23. The number of benzene rings is 1. The molecule has 0 aromatic heterocycles. The van der Waals surface area contributed by atoms with Gasteiger partial charge in [-0.15, -0.1) is 0 Å². The number of anilines is 1. The normalized spacial score (nSPS) is 12.2. The van der Waals surface area contributed by atoms with Gasteiger partial charge >= 0.3 is 0 Å². The van der Waals surface area contributed by atoms with Crippen LogP contribution >= 0.6 is 0 Å². The molecular formula is C15H26N2O2S. The molecule has 0 aliphatic heterocycles. The second-order valence-electron chi connectivity index (χ2n) is 5.27. The van der Waals surface area contributed by atoms with Crippen molar-refractivity contribution in [3.63, 3.8) is 0 Å². The number of hydrogen-bond acceptors (Lipinski definition) is 3. The zero-order valence-corrected chi connectivity index (χ0v) is 14.1. The van der Waals surface area contributed by atoms with Gasteiger partial charge in [-0.3, -0.25) is 0 Å². The fraction of sp³-hybridized carbons (Fsp3) is 0.600. The zero-order chi connectivity index (χ0) is 15.5. The smallest absolute Gasteiger partial charge is 0.243 e. The Morgan fingerprint density at radius 2 is 1.65 bits per heavy atom. The lowest BCUT2D eigenvalue weighted by molar-refractivity contribution is 0.368. The van der Waals surface area contributed by atoms with Crippen molar-refractivity contribution in [3.05, 3.63) is 23.3 Å². The zero-order valence-electron chi connectivity index (χ0n) is 13.3. The average Bonchev–Trinajstić information content (AvgIpc) is 2.27. The molecule has 114 valence electrons. The van der Waals surface area contributed by atoms with Crippen molar-refractivity contribution in [1.82, 2.24) is 4.31 Å². The fourth-order valence-corrected chi connectivity index (χ4v) is 4.65. The minimum Gasteiger partial charge on any atom is -0.385 e. The van der Waals surface area contributed by atoms with Gasteiger partial charge in [0.25, 0.3) is 0 Å². The van der Waals surface area contributed by atoms with Crippen molar-refractivity contribution >= 4 is 15.7 Å². The predicted molar refractivity (Wildman–Crippen MR) is 84.8 cm³/mol. The molecular weight excluding hydrogens is 272 g/mol. The highest BCUT2D eigenvalue weighted by molar-refractivity contribution is 7.89. The average molecular weight is 298 g/mol. The van der Waals surface area contributed by atoms with Gasteiger partial charge in [0.15, 0.2) is 0 Å². The summed E-state index contributed by atoms with van der Waals surface area (Å²) in [6, 6.07) is 3.76. The van der Waals surface area contributed by atoms with Gasteiger partial charge in [-0.25, -0.2) is 8.42 Å². The highest BCUT2D eigenvalue weighted by atomic mass is 32.2. The number of nitrogens with zero attached hydrogens (tertiary/aromatic N) is 1. The van der Waals surface area contributed by atoms with Crippen LogP contribution in [0.25, 0.3) is 0 Å². The van der Waals surface area contributed by atoms with Crippen LogP contribution in [-0.4, -0.2) is 31.9 Å². The Balaban J connectivity index is 3.39. The molecule has 4 nitrogen and oxygen atoms in total. The Hall–Kier alpha value is -1.07. The predicted octanol–water partition coefficient (Wildman–Crippen LogP) is 3.15. The van der Waals surface area contributed by atoms with E-state index in [-0.39, 0.29) is 6.04 Å². The summed E-state index contributed by atoms with van der Waals surface area (Å²) < 4.78 is 27.2. The van der Waals surface area contributed by atoms with Crippen LogP contribution in [-0.2, 0) is 10.0 Å². The van der Waals surface area contributed by atoms with E-state index in [1.165, 1.54) is 4.31 Å². The summed E-state index contributed by atoms with van der Waals surface area (Å²) in [5.41, 5.74) is 2.55. The molecule has 0 heterocycles. The van der Waals surface area contributed by atoms with Gasteiger partial charge < -0.3 is 5.32 Å². The van der Waals surface area contributed by atoms with Gasteiger partial charge in [0.2, 0.25) is 10.0 Å². The maximum Gasteiger partial charge on any atom is 0.243 e. The molecule has 0 saturated heterocycles. The van der Waals surface area contributed by atoms with E-state index in [0.717, 1.165) is 23.4 Å². The number of sulfonamides is 1. The summed E-state index contributed by atoms with van der Waals surface area (Å²) in [6.45, 7) is 12.7. The van der Waals surface area contributed by atoms with Crippen molar-refractivity contribution in [2.75, 3.05) is 18.4 Å². The lowest BCUT2D eigenvalue weighted by Crippen LogP contribution is -2.37. The quantitative estimate of drug-likeness (QED) is 0.877. The van der Waals surface area contributed by atoms with Crippen molar-refractivity contribution in [1.29, 1.82) is 0 Å². The number of rotatable bonds is 6. The topological polar surface area (TPSA) is 49.4 Å². The highest BCUT2D eigenvalue weighted by Crippen LogP contribution is 2.28. The van der Waals surface area contributed by atoms with Crippen LogP contribution in [0.1, 0.15) is 38.8 Å². The lowest BCUT2D eigenvalue weighted by Gasteiger charge is -2.26. The SMILES string of the molecule is CCNc1cc(C)c(S(=O)(=O)N(CC)C(C)C)c(C)c1. The molecule has 0 radical (unpaired) electrons. The van der Waals surface area contributed by atoms with E-state index >= 15 is 0 Å². The van der Waals surface area contributed by atoms with Crippen LogP contribution in [0, 0.1) is 13.8 Å². The molecule has 0 aliphatic carbocycles. The first-order valence-corrected chi connectivity index (χ1v) is 8.56. The molecule has 1 aromatic carbocycles. The van der Waals surface area contributed by atoms with Crippen LogP contribution in [0.5, 0.6) is 0 Å². The molecule has 20 heavy (non-hydrogen) atoms. The molecule has 0 spiro atoms. The standard InChI is InChI=1S/C15H26N2O2S/c1-7-16-14-9-12(5)15(13(6)10-14)20(18,19)17(8-2)11(3)4/h9-11,16H,7-8H2,1-6H3. The van der Waals surface area contributed by atoms with Crippen LogP contribution in [0.3, 0.4) is 0 Å². The van der Waals surface area contributed by atoms with Crippen LogP contribution in [0.2, 0.25) is 0 Å².